The van der Waals surface area contributed by atoms with Gasteiger partial charge in [0.25, 0.3) is 0 Å². The van der Waals surface area contributed by atoms with E-state index in [1.807, 2.05) is 42.5 Å². The second-order valence-electron chi connectivity index (χ2n) is 5.89. The number of ketones is 1. The lowest BCUT2D eigenvalue weighted by atomic mass is 10.1. The minimum atomic E-state index is -0.0403. The summed E-state index contributed by atoms with van der Waals surface area (Å²) in [5, 5.41) is 0. The van der Waals surface area contributed by atoms with Gasteiger partial charge in [-0.15, -0.1) is 0 Å². The molecule has 1 aliphatic rings. The minimum Gasteiger partial charge on any atom is -0.435 e. The zero-order chi connectivity index (χ0) is 17.1. The van der Waals surface area contributed by atoms with Gasteiger partial charge in [-0.1, -0.05) is 30.4 Å². The molecule has 5 heteroatoms. The summed E-state index contributed by atoms with van der Waals surface area (Å²) in [4.78, 5) is 23.4. The quantitative estimate of drug-likeness (QED) is 0.529. The third-order valence-electron chi connectivity index (χ3n) is 4.12. The maximum Gasteiger partial charge on any atom is 0.227 e. The summed E-state index contributed by atoms with van der Waals surface area (Å²) in [7, 11) is 0. The van der Waals surface area contributed by atoms with E-state index in [1.165, 1.54) is 0 Å². The van der Waals surface area contributed by atoms with Crippen molar-refractivity contribution in [3.63, 3.8) is 0 Å². The van der Waals surface area contributed by atoms with Gasteiger partial charge in [-0.2, -0.15) is 0 Å². The molecular formula is C20H17N3O2. The number of oxazole rings is 1. The first kappa shape index (κ1) is 15.5. The van der Waals surface area contributed by atoms with Crippen LogP contribution in [0.2, 0.25) is 0 Å². The molecule has 0 spiro atoms. The van der Waals surface area contributed by atoms with E-state index in [2.05, 4.69) is 27.0 Å². The lowest BCUT2D eigenvalue weighted by molar-refractivity contribution is 0.0944. The monoisotopic (exact) mass is 331 g/mol. The van der Waals surface area contributed by atoms with E-state index in [-0.39, 0.29) is 5.78 Å². The van der Waals surface area contributed by atoms with E-state index in [0.29, 0.717) is 23.9 Å². The lowest BCUT2D eigenvalue weighted by Crippen LogP contribution is -2.27. The number of hydrogen-bond acceptors (Lipinski definition) is 5. The highest BCUT2D eigenvalue weighted by Crippen LogP contribution is 2.30. The predicted octanol–water partition coefficient (Wildman–Crippen LogP) is 3.46. The molecule has 4 rings (SSSR count). The summed E-state index contributed by atoms with van der Waals surface area (Å²) in [6.07, 6.45) is 7.49. The Morgan fingerprint density at radius 3 is 2.44 bits per heavy atom. The van der Waals surface area contributed by atoms with Crippen molar-refractivity contribution >= 4 is 5.78 Å². The molecule has 3 aromatic rings. The van der Waals surface area contributed by atoms with Crippen molar-refractivity contribution in [1.82, 2.24) is 14.9 Å². The average molecular weight is 331 g/mol. The van der Waals surface area contributed by atoms with Crippen LogP contribution in [0.25, 0.3) is 22.8 Å². The smallest absolute Gasteiger partial charge is 0.227 e. The van der Waals surface area contributed by atoms with Crippen LogP contribution in [0.4, 0.5) is 0 Å². The molecule has 0 radical (unpaired) electrons. The molecule has 5 nitrogen and oxygen atoms in total. The Bertz CT molecular complexity index is 893. The third-order valence-corrected chi connectivity index (χ3v) is 4.12. The number of carbonyl (C=O) groups is 1. The van der Waals surface area contributed by atoms with E-state index >= 15 is 0 Å². The van der Waals surface area contributed by atoms with E-state index in [9.17, 15) is 4.79 Å². The maximum atomic E-state index is 12.8. The molecule has 0 saturated heterocycles. The molecule has 0 amide bonds. The van der Waals surface area contributed by atoms with Crippen LogP contribution in [0.5, 0.6) is 0 Å². The van der Waals surface area contributed by atoms with Crippen molar-refractivity contribution in [2.45, 2.75) is 0 Å². The molecule has 0 N–H and O–H groups in total. The molecule has 0 unspecified atom stereocenters. The normalized spacial score (nSPS) is 14.1. The Balaban J connectivity index is 1.73. The maximum absolute atomic E-state index is 12.8. The van der Waals surface area contributed by atoms with Gasteiger partial charge in [0.1, 0.15) is 0 Å². The number of carbonyl (C=O) groups excluding carboxylic acids is 1. The van der Waals surface area contributed by atoms with Crippen molar-refractivity contribution in [2.75, 3.05) is 19.6 Å². The molecule has 3 heterocycles. The summed E-state index contributed by atoms with van der Waals surface area (Å²) < 4.78 is 5.98. The topological polar surface area (TPSA) is 59.2 Å². The second-order valence-corrected chi connectivity index (χ2v) is 5.89. The van der Waals surface area contributed by atoms with E-state index in [4.69, 9.17) is 4.42 Å². The molecule has 25 heavy (non-hydrogen) atoms. The standard InChI is InChI=1S/C20H17N3O2/c24-17(14-23-12-4-5-13-23)18-19(15-8-10-21-11-9-15)25-20(22-18)16-6-2-1-3-7-16/h1-11H,12-14H2. The molecule has 0 atom stereocenters. The Morgan fingerprint density at radius 2 is 1.72 bits per heavy atom. The second kappa shape index (κ2) is 6.83. The minimum absolute atomic E-state index is 0.0403. The van der Waals surface area contributed by atoms with Gasteiger partial charge in [-0.25, -0.2) is 4.98 Å². The van der Waals surface area contributed by atoms with E-state index in [1.54, 1.807) is 12.4 Å². The molecule has 2 aromatic heterocycles. The highest BCUT2D eigenvalue weighted by atomic mass is 16.4. The number of benzene rings is 1. The first-order valence-corrected chi connectivity index (χ1v) is 8.18. The fraction of sp³-hybridized carbons (Fsp3) is 0.150. The highest BCUT2D eigenvalue weighted by molar-refractivity contribution is 6.01. The lowest BCUT2D eigenvalue weighted by Gasteiger charge is -2.12. The van der Waals surface area contributed by atoms with E-state index < -0.39 is 0 Å². The van der Waals surface area contributed by atoms with Crippen LogP contribution in [0.1, 0.15) is 10.5 Å². The zero-order valence-electron chi connectivity index (χ0n) is 13.6. The van der Waals surface area contributed by atoms with Crippen LogP contribution in [0, 0.1) is 0 Å². The molecular weight excluding hydrogens is 314 g/mol. The van der Waals surface area contributed by atoms with Crippen molar-refractivity contribution < 1.29 is 9.21 Å². The highest BCUT2D eigenvalue weighted by Gasteiger charge is 2.24. The zero-order valence-corrected chi connectivity index (χ0v) is 13.6. The molecule has 1 aromatic carbocycles. The van der Waals surface area contributed by atoms with Gasteiger partial charge in [-0.3, -0.25) is 14.7 Å². The van der Waals surface area contributed by atoms with Gasteiger partial charge in [0.05, 0.1) is 6.54 Å². The molecule has 0 aliphatic carbocycles. The molecule has 0 bridgehead atoms. The third kappa shape index (κ3) is 3.27. The number of Topliss-reactive ketones (excluding diaryl/α,β-unsaturated/α-hetero) is 1. The first-order chi connectivity index (χ1) is 12.3. The average Bonchev–Trinajstić information content (AvgIpc) is 3.33. The van der Waals surface area contributed by atoms with Gasteiger partial charge in [0.2, 0.25) is 5.89 Å². The summed E-state index contributed by atoms with van der Waals surface area (Å²) in [6.45, 7) is 1.91. The molecule has 0 saturated carbocycles. The van der Waals surface area contributed by atoms with Crippen LogP contribution in [-0.2, 0) is 0 Å². The number of pyridine rings is 1. The summed E-state index contributed by atoms with van der Waals surface area (Å²) >= 11 is 0. The predicted molar refractivity (Wildman–Crippen MR) is 95.1 cm³/mol. The Hall–Kier alpha value is -3.05. The Kier molecular flexibility index (Phi) is 4.23. The van der Waals surface area contributed by atoms with Crippen molar-refractivity contribution in [3.05, 3.63) is 72.7 Å². The fourth-order valence-corrected chi connectivity index (χ4v) is 2.84. The van der Waals surface area contributed by atoms with Crippen molar-refractivity contribution in [1.29, 1.82) is 0 Å². The number of hydrogen-bond donors (Lipinski definition) is 0. The Labute approximate surface area is 145 Å². The van der Waals surface area contributed by atoms with Crippen LogP contribution in [0.3, 0.4) is 0 Å². The summed E-state index contributed by atoms with van der Waals surface area (Å²) in [5.41, 5.74) is 2.02. The largest absolute Gasteiger partial charge is 0.435 e. The van der Waals surface area contributed by atoms with E-state index in [0.717, 1.165) is 24.2 Å². The summed E-state index contributed by atoms with van der Waals surface area (Å²) in [5.74, 6) is 0.912. The van der Waals surface area contributed by atoms with Crippen LogP contribution >= 0.6 is 0 Å². The number of nitrogens with zero attached hydrogens (tertiary/aromatic N) is 3. The van der Waals surface area contributed by atoms with Crippen molar-refractivity contribution in [3.8, 4) is 22.8 Å². The van der Waals surface area contributed by atoms with Crippen LogP contribution < -0.4 is 0 Å². The molecule has 1 aliphatic heterocycles. The van der Waals surface area contributed by atoms with Crippen LogP contribution in [-0.4, -0.2) is 40.3 Å². The molecule has 124 valence electrons. The van der Waals surface area contributed by atoms with Crippen molar-refractivity contribution in [2.24, 2.45) is 0 Å². The number of aromatic nitrogens is 2. The fourth-order valence-electron chi connectivity index (χ4n) is 2.84. The summed E-state index contributed by atoms with van der Waals surface area (Å²) in [6, 6.07) is 13.3. The SMILES string of the molecule is O=C(CN1CC=CC1)c1nc(-c2ccccc2)oc1-c1ccncc1. The first-order valence-electron chi connectivity index (χ1n) is 8.18. The van der Waals surface area contributed by atoms with Gasteiger partial charge < -0.3 is 4.42 Å². The van der Waals surface area contributed by atoms with Gasteiger partial charge in [-0.05, 0) is 24.3 Å². The Morgan fingerprint density at radius 1 is 1.00 bits per heavy atom. The van der Waals surface area contributed by atoms with Gasteiger partial charge >= 0.3 is 0 Å². The van der Waals surface area contributed by atoms with Gasteiger partial charge in [0, 0.05) is 36.6 Å². The molecule has 0 fully saturated rings. The van der Waals surface area contributed by atoms with Gasteiger partial charge in [0.15, 0.2) is 17.2 Å². The van der Waals surface area contributed by atoms with Crippen LogP contribution in [0.15, 0.2) is 71.4 Å². The number of rotatable bonds is 5.